The van der Waals surface area contributed by atoms with E-state index < -0.39 is 16.1 Å². The maximum absolute atomic E-state index is 13.2. The number of sulfonamides is 1. The van der Waals surface area contributed by atoms with Crippen LogP contribution in [-0.2, 0) is 19.6 Å². The first-order chi connectivity index (χ1) is 16.2. The molecule has 0 saturated carbocycles. The van der Waals surface area contributed by atoms with Gasteiger partial charge in [0.2, 0.25) is 21.8 Å². The fourth-order valence-electron chi connectivity index (χ4n) is 3.79. The molecule has 1 unspecified atom stereocenters. The number of carbonyl (C=O) groups excluding carboxylic acids is 2. The fraction of sp³-hybridized carbons (Fsp3) is 0.565. The van der Waals surface area contributed by atoms with Gasteiger partial charge in [-0.2, -0.15) is 4.72 Å². The monoisotopic (exact) mass is 494 g/mol. The van der Waals surface area contributed by atoms with Gasteiger partial charge in [0.05, 0.1) is 24.7 Å². The van der Waals surface area contributed by atoms with E-state index in [1.54, 1.807) is 30.9 Å². The molecule has 0 spiro atoms. The Bertz CT molecular complexity index is 989. The number of amides is 2. The van der Waals surface area contributed by atoms with Gasteiger partial charge in [0.15, 0.2) is 11.5 Å². The number of nitrogens with one attached hydrogen (secondary N) is 2. The predicted molar refractivity (Wildman–Crippen MR) is 127 cm³/mol. The number of fused-ring (bicyclic) bond motifs is 1. The Kier molecular flexibility index (Phi) is 8.92. The summed E-state index contributed by atoms with van der Waals surface area (Å²) < 4.78 is 40.0. The van der Waals surface area contributed by atoms with Crippen molar-refractivity contribution in [1.82, 2.24) is 19.8 Å². The van der Waals surface area contributed by atoms with Gasteiger partial charge in [0.25, 0.3) is 0 Å². The molecule has 2 aliphatic heterocycles. The lowest BCUT2D eigenvalue weighted by Gasteiger charge is -2.37. The van der Waals surface area contributed by atoms with Crippen LogP contribution < -0.4 is 19.5 Å². The van der Waals surface area contributed by atoms with Crippen molar-refractivity contribution in [1.29, 1.82) is 0 Å². The summed E-state index contributed by atoms with van der Waals surface area (Å²) in [5.74, 6) is 0.252. The normalized spacial score (nSPS) is 17.7. The summed E-state index contributed by atoms with van der Waals surface area (Å²) in [7, 11) is -3.97. The molecule has 1 aromatic carbocycles. The first-order valence-corrected chi connectivity index (χ1v) is 13.0. The van der Waals surface area contributed by atoms with Crippen LogP contribution >= 0.6 is 0 Å². The third-order valence-electron chi connectivity index (χ3n) is 5.74. The van der Waals surface area contributed by atoms with Crippen molar-refractivity contribution in [2.75, 3.05) is 52.5 Å². The zero-order valence-corrected chi connectivity index (χ0v) is 20.6. The second-order valence-electron chi connectivity index (χ2n) is 8.70. The molecule has 1 aromatic rings. The molecule has 2 amide bonds. The Morgan fingerprint density at radius 1 is 1.12 bits per heavy atom. The smallest absolute Gasteiger partial charge is 0.241 e. The summed E-state index contributed by atoms with van der Waals surface area (Å²) in [6, 6.07) is 3.55. The fourth-order valence-corrected chi connectivity index (χ4v) is 5.14. The van der Waals surface area contributed by atoms with E-state index in [0.717, 1.165) is 0 Å². The summed E-state index contributed by atoms with van der Waals surface area (Å²) in [5.41, 5.74) is 0. The number of nitrogens with zero attached hydrogens (tertiary/aromatic N) is 2. The third-order valence-corrected chi connectivity index (χ3v) is 7.18. The van der Waals surface area contributed by atoms with E-state index in [9.17, 15) is 18.0 Å². The van der Waals surface area contributed by atoms with Gasteiger partial charge < -0.3 is 19.7 Å². The van der Waals surface area contributed by atoms with Crippen LogP contribution in [0.5, 0.6) is 11.5 Å². The van der Waals surface area contributed by atoms with Crippen molar-refractivity contribution in [2.45, 2.75) is 31.2 Å². The Labute approximate surface area is 201 Å². The lowest BCUT2D eigenvalue weighted by Crippen LogP contribution is -2.57. The minimum absolute atomic E-state index is 0.0190. The maximum Gasteiger partial charge on any atom is 0.241 e. The molecule has 1 saturated heterocycles. The first-order valence-electron chi connectivity index (χ1n) is 11.5. The van der Waals surface area contributed by atoms with Crippen molar-refractivity contribution < 1.29 is 27.5 Å². The van der Waals surface area contributed by atoms with Crippen molar-refractivity contribution in [3.05, 3.63) is 30.9 Å². The minimum atomic E-state index is -3.97. The number of ether oxygens (including phenoxy) is 2. The van der Waals surface area contributed by atoms with Gasteiger partial charge in [-0.25, -0.2) is 8.42 Å². The molecule has 1 atom stereocenters. The Morgan fingerprint density at radius 2 is 1.79 bits per heavy atom. The van der Waals surface area contributed by atoms with E-state index in [1.807, 2.05) is 4.90 Å². The predicted octanol–water partition coefficient (Wildman–Crippen LogP) is 0.597. The average molecular weight is 495 g/mol. The van der Waals surface area contributed by atoms with E-state index in [2.05, 4.69) is 16.6 Å². The van der Waals surface area contributed by atoms with Crippen LogP contribution in [0.1, 0.15) is 20.3 Å². The molecule has 0 aliphatic carbocycles. The van der Waals surface area contributed by atoms with Crippen LogP contribution in [0.15, 0.2) is 35.7 Å². The van der Waals surface area contributed by atoms with Gasteiger partial charge in [-0.15, -0.1) is 6.58 Å². The molecule has 1 fully saturated rings. The summed E-state index contributed by atoms with van der Waals surface area (Å²) in [6.07, 6.45) is 2.33. The molecule has 34 heavy (non-hydrogen) atoms. The molecular formula is C23H34N4O6S. The van der Waals surface area contributed by atoms with Crippen LogP contribution in [0.4, 0.5) is 0 Å². The Balaban J connectivity index is 1.63. The van der Waals surface area contributed by atoms with Gasteiger partial charge in [-0.1, -0.05) is 19.9 Å². The van der Waals surface area contributed by atoms with Crippen LogP contribution in [0.25, 0.3) is 0 Å². The Hall–Kier alpha value is -2.63. The topological polar surface area (TPSA) is 117 Å². The van der Waals surface area contributed by atoms with Crippen molar-refractivity contribution in [3.63, 3.8) is 0 Å². The average Bonchev–Trinajstić information content (AvgIpc) is 3.06. The second-order valence-corrected chi connectivity index (χ2v) is 10.4. The molecule has 2 N–H and O–H groups in total. The standard InChI is InChI=1S/C23H34N4O6S/c1-4-8-24-21(28)16-26-9-11-27(12-10-26)23(29)22(17(2)3)25-34(30,31)18-6-7-19-20(15-18)33-14-5-13-32-19/h4,6-7,15,17,22,25H,1,5,8-14,16H2,2-3H3,(H,24,28). The number of carbonyl (C=O) groups is 2. The second kappa shape index (κ2) is 11.7. The number of hydrogen-bond donors (Lipinski definition) is 2. The number of hydrogen-bond acceptors (Lipinski definition) is 7. The number of rotatable bonds is 9. The molecule has 3 rings (SSSR count). The van der Waals surface area contributed by atoms with Crippen LogP contribution in [0, 0.1) is 5.92 Å². The summed E-state index contributed by atoms with van der Waals surface area (Å²) in [4.78, 5) is 28.8. The van der Waals surface area contributed by atoms with Crippen LogP contribution in [0.3, 0.4) is 0 Å². The van der Waals surface area contributed by atoms with Gasteiger partial charge in [0, 0.05) is 45.2 Å². The zero-order valence-electron chi connectivity index (χ0n) is 19.8. The summed E-state index contributed by atoms with van der Waals surface area (Å²) >= 11 is 0. The van der Waals surface area contributed by atoms with E-state index in [0.29, 0.717) is 63.9 Å². The first kappa shape index (κ1) is 26.0. The SMILES string of the molecule is C=CCNC(=O)CN1CCN(C(=O)C(NS(=O)(=O)c2ccc3c(c2)OCCCO3)C(C)C)CC1. The van der Waals surface area contributed by atoms with Gasteiger partial charge in [0.1, 0.15) is 6.04 Å². The maximum atomic E-state index is 13.2. The van der Waals surface area contributed by atoms with Crippen molar-refractivity contribution in [3.8, 4) is 11.5 Å². The van der Waals surface area contributed by atoms with Crippen molar-refractivity contribution in [2.24, 2.45) is 5.92 Å². The molecule has 2 aliphatic rings. The largest absolute Gasteiger partial charge is 0.490 e. The van der Waals surface area contributed by atoms with E-state index >= 15 is 0 Å². The van der Waals surface area contributed by atoms with Crippen molar-refractivity contribution >= 4 is 21.8 Å². The summed E-state index contributed by atoms with van der Waals surface area (Å²) in [5, 5.41) is 2.74. The van der Waals surface area contributed by atoms with Gasteiger partial charge in [-0.3, -0.25) is 14.5 Å². The van der Waals surface area contributed by atoms with Crippen LogP contribution in [-0.4, -0.2) is 88.6 Å². The molecule has 0 aromatic heterocycles. The minimum Gasteiger partial charge on any atom is -0.490 e. The highest BCUT2D eigenvalue weighted by molar-refractivity contribution is 7.89. The lowest BCUT2D eigenvalue weighted by atomic mass is 10.0. The van der Waals surface area contributed by atoms with Gasteiger partial charge >= 0.3 is 0 Å². The highest BCUT2D eigenvalue weighted by Gasteiger charge is 2.33. The molecular weight excluding hydrogens is 460 g/mol. The molecule has 0 bridgehead atoms. The molecule has 11 heteroatoms. The quantitative estimate of drug-likeness (QED) is 0.483. The van der Waals surface area contributed by atoms with E-state index in [4.69, 9.17) is 9.47 Å². The zero-order chi connectivity index (χ0) is 24.7. The number of benzene rings is 1. The van der Waals surface area contributed by atoms with E-state index in [-0.39, 0.29) is 29.2 Å². The highest BCUT2D eigenvalue weighted by Crippen LogP contribution is 2.32. The molecule has 10 nitrogen and oxygen atoms in total. The van der Waals surface area contributed by atoms with E-state index in [1.165, 1.54) is 12.1 Å². The summed E-state index contributed by atoms with van der Waals surface area (Å²) in [6.45, 7) is 10.7. The Morgan fingerprint density at radius 3 is 2.44 bits per heavy atom. The lowest BCUT2D eigenvalue weighted by molar-refractivity contribution is -0.136. The number of piperazine rings is 1. The molecule has 188 valence electrons. The highest BCUT2D eigenvalue weighted by atomic mass is 32.2. The van der Waals surface area contributed by atoms with Gasteiger partial charge in [-0.05, 0) is 18.1 Å². The third kappa shape index (κ3) is 6.71. The van der Waals surface area contributed by atoms with Crippen LogP contribution in [0.2, 0.25) is 0 Å². The molecule has 2 heterocycles. The molecule has 0 radical (unpaired) electrons.